The predicted octanol–water partition coefficient (Wildman–Crippen LogP) is 3.47. The molecule has 8 nitrogen and oxygen atoms in total. The molecular weight excluding hydrogens is 372 g/mol. The van der Waals surface area contributed by atoms with Crippen molar-refractivity contribution in [2.75, 3.05) is 24.2 Å². The summed E-state index contributed by atoms with van der Waals surface area (Å²) in [5, 5.41) is 6.68. The van der Waals surface area contributed by atoms with E-state index in [4.69, 9.17) is 18.9 Å². The number of anilines is 2. The van der Waals surface area contributed by atoms with Crippen LogP contribution in [-0.2, 0) is 13.1 Å². The van der Waals surface area contributed by atoms with E-state index in [-0.39, 0.29) is 13.6 Å². The summed E-state index contributed by atoms with van der Waals surface area (Å²) in [7, 11) is 0. The lowest BCUT2D eigenvalue weighted by molar-refractivity contribution is 0.173. The molecule has 2 aliphatic rings. The Hall–Kier alpha value is -3.68. The average molecular weight is 392 g/mol. The van der Waals surface area contributed by atoms with Crippen LogP contribution < -0.4 is 29.6 Å². The van der Waals surface area contributed by atoms with E-state index in [0.717, 1.165) is 45.8 Å². The van der Waals surface area contributed by atoms with E-state index < -0.39 is 0 Å². The van der Waals surface area contributed by atoms with Crippen LogP contribution in [0.15, 0.2) is 42.5 Å². The third kappa shape index (κ3) is 3.82. The molecule has 2 N–H and O–H groups in total. The number of aromatic nitrogens is 2. The van der Waals surface area contributed by atoms with E-state index >= 15 is 0 Å². The molecule has 0 atom stereocenters. The van der Waals surface area contributed by atoms with Gasteiger partial charge in [0.1, 0.15) is 17.5 Å². The summed E-state index contributed by atoms with van der Waals surface area (Å²) >= 11 is 0. The standard InChI is InChI=1S/C21H20N4O4/c1-13-24-20(22-9-14-2-4-16-18(6-14)28-11-26-16)8-21(25-13)23-10-15-3-5-17-19(7-15)29-12-27-17/h2-8H,9-12H2,1H3,(H2,22,23,24,25). The first-order chi connectivity index (χ1) is 14.2. The number of nitrogens with zero attached hydrogens (tertiary/aromatic N) is 2. The summed E-state index contributed by atoms with van der Waals surface area (Å²) in [5.74, 6) is 5.30. The van der Waals surface area contributed by atoms with Crippen LogP contribution in [0.25, 0.3) is 0 Å². The average Bonchev–Trinajstić information content (AvgIpc) is 3.38. The van der Waals surface area contributed by atoms with Crippen molar-refractivity contribution in [2.45, 2.75) is 20.0 Å². The molecule has 0 fully saturated rings. The topological polar surface area (TPSA) is 86.8 Å². The summed E-state index contributed by atoms with van der Waals surface area (Å²) in [6, 6.07) is 13.7. The maximum atomic E-state index is 5.43. The molecule has 3 heterocycles. The highest BCUT2D eigenvalue weighted by molar-refractivity contribution is 5.50. The van der Waals surface area contributed by atoms with Crippen LogP contribution in [0.4, 0.5) is 11.6 Å². The van der Waals surface area contributed by atoms with Crippen molar-refractivity contribution in [2.24, 2.45) is 0 Å². The summed E-state index contributed by atoms with van der Waals surface area (Å²) in [6.45, 7) is 3.66. The Morgan fingerprint density at radius 3 is 1.69 bits per heavy atom. The van der Waals surface area contributed by atoms with Gasteiger partial charge in [0.15, 0.2) is 23.0 Å². The maximum absolute atomic E-state index is 5.43. The smallest absolute Gasteiger partial charge is 0.231 e. The van der Waals surface area contributed by atoms with Crippen molar-refractivity contribution < 1.29 is 18.9 Å². The Bertz CT molecular complexity index is 977. The summed E-state index contributed by atoms with van der Waals surface area (Å²) < 4.78 is 21.6. The predicted molar refractivity (Wildman–Crippen MR) is 107 cm³/mol. The molecule has 2 aromatic carbocycles. The minimum absolute atomic E-state index is 0.274. The molecule has 0 unspecified atom stereocenters. The van der Waals surface area contributed by atoms with Gasteiger partial charge >= 0.3 is 0 Å². The molecule has 0 saturated heterocycles. The van der Waals surface area contributed by atoms with Gasteiger partial charge in [0.25, 0.3) is 0 Å². The Balaban J connectivity index is 1.24. The van der Waals surface area contributed by atoms with Gasteiger partial charge < -0.3 is 29.6 Å². The minimum atomic E-state index is 0.274. The number of nitrogens with one attached hydrogen (secondary N) is 2. The van der Waals surface area contributed by atoms with E-state index in [0.29, 0.717) is 18.9 Å². The van der Waals surface area contributed by atoms with Crippen LogP contribution in [0, 0.1) is 6.92 Å². The number of fused-ring (bicyclic) bond motifs is 2. The van der Waals surface area contributed by atoms with Crippen LogP contribution >= 0.6 is 0 Å². The fourth-order valence-corrected chi connectivity index (χ4v) is 3.24. The number of aryl methyl sites for hydroxylation is 1. The second-order valence-corrected chi connectivity index (χ2v) is 6.77. The fraction of sp³-hybridized carbons (Fsp3) is 0.238. The first-order valence-electron chi connectivity index (χ1n) is 9.33. The van der Waals surface area contributed by atoms with E-state index in [2.05, 4.69) is 20.6 Å². The zero-order chi connectivity index (χ0) is 19.6. The van der Waals surface area contributed by atoms with E-state index in [9.17, 15) is 0 Å². The lowest BCUT2D eigenvalue weighted by Gasteiger charge is -2.11. The zero-order valence-corrected chi connectivity index (χ0v) is 15.9. The number of benzene rings is 2. The van der Waals surface area contributed by atoms with Gasteiger partial charge in [-0.15, -0.1) is 0 Å². The molecule has 148 valence electrons. The lowest BCUT2D eigenvalue weighted by Crippen LogP contribution is -2.07. The molecule has 1 aromatic heterocycles. The molecular formula is C21H20N4O4. The van der Waals surface area contributed by atoms with Crippen LogP contribution in [0.1, 0.15) is 17.0 Å². The summed E-state index contributed by atoms with van der Waals surface area (Å²) in [5.41, 5.74) is 2.17. The molecule has 0 radical (unpaired) electrons. The molecule has 29 heavy (non-hydrogen) atoms. The Labute approximate surface area is 167 Å². The highest BCUT2D eigenvalue weighted by Gasteiger charge is 2.14. The van der Waals surface area contributed by atoms with Gasteiger partial charge in [0.05, 0.1) is 0 Å². The van der Waals surface area contributed by atoms with Gasteiger partial charge in [0, 0.05) is 19.2 Å². The van der Waals surface area contributed by atoms with Gasteiger partial charge in [-0.1, -0.05) is 12.1 Å². The Morgan fingerprint density at radius 1 is 0.690 bits per heavy atom. The van der Waals surface area contributed by atoms with Crippen molar-refractivity contribution in [3.05, 3.63) is 59.4 Å². The number of hydrogen-bond acceptors (Lipinski definition) is 8. The van der Waals surface area contributed by atoms with Gasteiger partial charge in [-0.25, -0.2) is 9.97 Å². The lowest BCUT2D eigenvalue weighted by atomic mass is 10.2. The number of hydrogen-bond donors (Lipinski definition) is 2. The third-order valence-corrected chi connectivity index (χ3v) is 4.66. The van der Waals surface area contributed by atoms with Crippen LogP contribution in [0.2, 0.25) is 0 Å². The van der Waals surface area contributed by atoms with Crippen molar-refractivity contribution in [3.8, 4) is 23.0 Å². The second kappa shape index (κ2) is 7.38. The van der Waals surface area contributed by atoms with E-state index in [1.165, 1.54) is 0 Å². The molecule has 0 amide bonds. The minimum Gasteiger partial charge on any atom is -0.454 e. The monoisotopic (exact) mass is 392 g/mol. The third-order valence-electron chi connectivity index (χ3n) is 4.66. The number of rotatable bonds is 6. The molecule has 2 aliphatic heterocycles. The van der Waals surface area contributed by atoms with Crippen molar-refractivity contribution >= 4 is 11.6 Å². The first kappa shape index (κ1) is 17.4. The van der Waals surface area contributed by atoms with E-state index in [1.54, 1.807) is 0 Å². The molecule has 0 saturated carbocycles. The van der Waals surface area contributed by atoms with Gasteiger partial charge in [0.2, 0.25) is 13.6 Å². The van der Waals surface area contributed by atoms with Crippen LogP contribution in [-0.4, -0.2) is 23.6 Å². The quantitative estimate of drug-likeness (QED) is 0.660. The van der Waals surface area contributed by atoms with Gasteiger partial charge in [-0.2, -0.15) is 0 Å². The first-order valence-corrected chi connectivity index (χ1v) is 9.33. The van der Waals surface area contributed by atoms with Crippen molar-refractivity contribution in [3.63, 3.8) is 0 Å². The second-order valence-electron chi connectivity index (χ2n) is 6.77. The van der Waals surface area contributed by atoms with E-state index in [1.807, 2.05) is 49.4 Å². The normalized spacial score (nSPS) is 13.4. The molecule has 8 heteroatoms. The van der Waals surface area contributed by atoms with Crippen LogP contribution in [0.5, 0.6) is 23.0 Å². The molecule has 0 aliphatic carbocycles. The van der Waals surface area contributed by atoms with Crippen molar-refractivity contribution in [1.29, 1.82) is 0 Å². The van der Waals surface area contributed by atoms with Gasteiger partial charge in [-0.05, 0) is 42.3 Å². The number of ether oxygens (including phenoxy) is 4. The molecule has 0 spiro atoms. The molecule has 5 rings (SSSR count). The Kier molecular flexibility index (Phi) is 4.44. The highest BCUT2D eigenvalue weighted by Crippen LogP contribution is 2.33. The molecule has 0 bridgehead atoms. The summed E-state index contributed by atoms with van der Waals surface area (Å²) in [6.07, 6.45) is 0. The maximum Gasteiger partial charge on any atom is 0.231 e. The Morgan fingerprint density at radius 2 is 1.17 bits per heavy atom. The molecule has 3 aromatic rings. The van der Waals surface area contributed by atoms with Crippen molar-refractivity contribution in [1.82, 2.24) is 9.97 Å². The largest absolute Gasteiger partial charge is 0.454 e. The zero-order valence-electron chi connectivity index (χ0n) is 15.9. The fourth-order valence-electron chi connectivity index (χ4n) is 3.24. The summed E-state index contributed by atoms with van der Waals surface area (Å²) in [4.78, 5) is 8.94. The van der Waals surface area contributed by atoms with Gasteiger partial charge in [-0.3, -0.25) is 0 Å². The SMILES string of the molecule is Cc1nc(NCc2ccc3c(c2)OCO3)cc(NCc2ccc3c(c2)OCO3)n1. The highest BCUT2D eigenvalue weighted by atomic mass is 16.7. The van der Waals surface area contributed by atoms with Crippen LogP contribution in [0.3, 0.4) is 0 Å².